The normalized spacial score (nSPS) is 12.6. The van der Waals surface area contributed by atoms with Crippen molar-refractivity contribution >= 4 is 27.3 Å². The number of nitrogens with zero attached hydrogens (tertiary/aromatic N) is 2. The molecule has 0 saturated heterocycles. The fraction of sp³-hybridized carbons (Fsp3) is 0.333. The Labute approximate surface area is 113 Å². The van der Waals surface area contributed by atoms with Crippen molar-refractivity contribution in [1.29, 1.82) is 0 Å². The van der Waals surface area contributed by atoms with Gasteiger partial charge < -0.3 is 5.73 Å². The maximum absolute atomic E-state index is 5.61. The number of aromatic nitrogens is 2. The van der Waals surface area contributed by atoms with Crippen LogP contribution in [0.15, 0.2) is 28.2 Å². The van der Waals surface area contributed by atoms with Crippen LogP contribution in [0.25, 0.3) is 10.6 Å². The summed E-state index contributed by atoms with van der Waals surface area (Å²) < 4.78 is 1.09. The molecular weight excluding hydrogens is 298 g/mol. The molecule has 2 rings (SSSR count). The van der Waals surface area contributed by atoms with Gasteiger partial charge in [-0.05, 0) is 40.5 Å². The molecule has 0 bridgehead atoms. The maximum Gasteiger partial charge on any atom is 0.129 e. The lowest BCUT2D eigenvalue weighted by atomic mass is 10.1. The smallest absolute Gasteiger partial charge is 0.129 e. The predicted molar refractivity (Wildman–Crippen MR) is 75.0 cm³/mol. The molecule has 0 saturated carbocycles. The van der Waals surface area contributed by atoms with Crippen LogP contribution in [0.5, 0.6) is 0 Å². The molecule has 2 heterocycles. The maximum atomic E-state index is 5.61. The molecule has 0 aromatic carbocycles. The molecule has 0 aliphatic carbocycles. The number of halogens is 1. The summed E-state index contributed by atoms with van der Waals surface area (Å²) in [6.45, 7) is 2.77. The quantitative estimate of drug-likeness (QED) is 0.944. The van der Waals surface area contributed by atoms with Crippen molar-refractivity contribution in [2.45, 2.75) is 13.3 Å². The highest BCUT2D eigenvalue weighted by Gasteiger charge is 2.07. The Kier molecular flexibility index (Phi) is 4.25. The van der Waals surface area contributed by atoms with Crippen LogP contribution >= 0.6 is 27.3 Å². The Balaban J connectivity index is 2.22. The Morgan fingerprint density at radius 2 is 2.35 bits per heavy atom. The summed E-state index contributed by atoms with van der Waals surface area (Å²) in [5.74, 6) is 1.28. The summed E-state index contributed by atoms with van der Waals surface area (Å²) in [6.07, 6.45) is 2.64. The minimum atomic E-state index is 0.417. The first-order valence-electron chi connectivity index (χ1n) is 5.45. The molecule has 0 spiro atoms. The standard InChI is InChI=1S/C12H14BrN3S/c1-8(6-14)4-12-15-3-2-10(16-12)11-5-9(13)7-17-11/h2-3,5,7-8H,4,6,14H2,1H3. The number of nitrogens with two attached hydrogens (primary N) is 1. The van der Waals surface area contributed by atoms with Gasteiger partial charge >= 0.3 is 0 Å². The van der Waals surface area contributed by atoms with E-state index < -0.39 is 0 Å². The van der Waals surface area contributed by atoms with Gasteiger partial charge in [0, 0.05) is 22.5 Å². The first kappa shape index (κ1) is 12.7. The molecule has 0 amide bonds. The molecule has 0 fully saturated rings. The Morgan fingerprint density at radius 3 is 3.00 bits per heavy atom. The fourth-order valence-corrected chi connectivity index (χ4v) is 2.87. The van der Waals surface area contributed by atoms with Gasteiger partial charge in [-0.1, -0.05) is 6.92 Å². The van der Waals surface area contributed by atoms with E-state index in [0.717, 1.165) is 27.3 Å². The van der Waals surface area contributed by atoms with E-state index in [2.05, 4.69) is 44.3 Å². The van der Waals surface area contributed by atoms with Crippen molar-refractivity contribution < 1.29 is 0 Å². The molecule has 0 aliphatic rings. The average Bonchev–Trinajstić information content (AvgIpc) is 2.76. The van der Waals surface area contributed by atoms with Crippen LogP contribution in [-0.2, 0) is 6.42 Å². The zero-order chi connectivity index (χ0) is 12.3. The van der Waals surface area contributed by atoms with Crippen LogP contribution in [0.1, 0.15) is 12.7 Å². The molecule has 2 aromatic rings. The third-order valence-electron chi connectivity index (χ3n) is 2.46. The van der Waals surface area contributed by atoms with Crippen molar-refractivity contribution in [1.82, 2.24) is 9.97 Å². The Morgan fingerprint density at radius 1 is 1.53 bits per heavy atom. The Hall–Kier alpha value is -0.780. The van der Waals surface area contributed by atoms with Crippen molar-refractivity contribution in [3.05, 3.63) is 34.0 Å². The first-order chi connectivity index (χ1) is 8.19. The molecule has 17 heavy (non-hydrogen) atoms. The van der Waals surface area contributed by atoms with E-state index >= 15 is 0 Å². The monoisotopic (exact) mass is 311 g/mol. The van der Waals surface area contributed by atoms with Crippen LogP contribution < -0.4 is 5.73 Å². The van der Waals surface area contributed by atoms with Crippen molar-refractivity contribution in [3.63, 3.8) is 0 Å². The Bertz CT molecular complexity index is 498. The van der Waals surface area contributed by atoms with Gasteiger partial charge in [-0.15, -0.1) is 11.3 Å². The number of rotatable bonds is 4. The second kappa shape index (κ2) is 5.71. The highest BCUT2D eigenvalue weighted by Crippen LogP contribution is 2.28. The van der Waals surface area contributed by atoms with Gasteiger partial charge in [-0.3, -0.25) is 0 Å². The zero-order valence-electron chi connectivity index (χ0n) is 9.56. The third-order valence-corrected chi connectivity index (χ3v) is 4.17. The molecule has 0 aliphatic heterocycles. The lowest BCUT2D eigenvalue weighted by molar-refractivity contribution is 0.574. The van der Waals surface area contributed by atoms with E-state index in [-0.39, 0.29) is 0 Å². The second-order valence-corrected chi connectivity index (χ2v) is 5.86. The van der Waals surface area contributed by atoms with Crippen LogP contribution in [-0.4, -0.2) is 16.5 Å². The SMILES string of the molecule is CC(CN)Cc1nccc(-c2cc(Br)cs2)n1. The van der Waals surface area contributed by atoms with Crippen LogP contribution in [0.4, 0.5) is 0 Å². The van der Waals surface area contributed by atoms with Gasteiger partial charge in [0.2, 0.25) is 0 Å². The first-order valence-corrected chi connectivity index (χ1v) is 7.12. The predicted octanol–water partition coefficient (Wildman–Crippen LogP) is 3.10. The molecule has 2 N–H and O–H groups in total. The molecule has 5 heteroatoms. The summed E-state index contributed by atoms with van der Waals surface area (Å²) in [4.78, 5) is 10.0. The van der Waals surface area contributed by atoms with Gasteiger partial charge in [-0.25, -0.2) is 9.97 Å². The van der Waals surface area contributed by atoms with E-state index in [4.69, 9.17) is 5.73 Å². The summed E-state index contributed by atoms with van der Waals surface area (Å²) in [5.41, 5.74) is 6.59. The third kappa shape index (κ3) is 3.34. The highest BCUT2D eigenvalue weighted by molar-refractivity contribution is 9.10. The summed E-state index contributed by atoms with van der Waals surface area (Å²) in [7, 11) is 0. The van der Waals surface area contributed by atoms with Crippen LogP contribution in [0.2, 0.25) is 0 Å². The summed E-state index contributed by atoms with van der Waals surface area (Å²) >= 11 is 5.12. The lowest BCUT2D eigenvalue weighted by Crippen LogP contribution is -2.14. The topological polar surface area (TPSA) is 51.8 Å². The lowest BCUT2D eigenvalue weighted by Gasteiger charge is -2.07. The van der Waals surface area contributed by atoms with E-state index in [1.54, 1.807) is 11.3 Å². The van der Waals surface area contributed by atoms with Gasteiger partial charge in [-0.2, -0.15) is 0 Å². The van der Waals surface area contributed by atoms with E-state index in [9.17, 15) is 0 Å². The average molecular weight is 312 g/mol. The highest BCUT2D eigenvalue weighted by atomic mass is 79.9. The minimum absolute atomic E-state index is 0.417. The van der Waals surface area contributed by atoms with Crippen molar-refractivity contribution in [2.75, 3.05) is 6.54 Å². The fourth-order valence-electron chi connectivity index (χ4n) is 1.48. The van der Waals surface area contributed by atoms with Gasteiger partial charge in [0.05, 0.1) is 10.6 Å². The molecule has 90 valence electrons. The second-order valence-electron chi connectivity index (χ2n) is 4.03. The molecule has 3 nitrogen and oxygen atoms in total. The largest absolute Gasteiger partial charge is 0.330 e. The van der Waals surface area contributed by atoms with Crippen molar-refractivity contribution in [3.8, 4) is 10.6 Å². The van der Waals surface area contributed by atoms with E-state index in [0.29, 0.717) is 12.5 Å². The molecule has 2 aromatic heterocycles. The van der Waals surface area contributed by atoms with Crippen LogP contribution in [0, 0.1) is 5.92 Å². The summed E-state index contributed by atoms with van der Waals surface area (Å²) in [5, 5.41) is 2.06. The minimum Gasteiger partial charge on any atom is -0.330 e. The molecular formula is C12H14BrN3S. The molecule has 1 unspecified atom stereocenters. The number of thiophene rings is 1. The number of hydrogen-bond acceptors (Lipinski definition) is 4. The van der Waals surface area contributed by atoms with Gasteiger partial charge in [0.25, 0.3) is 0 Å². The van der Waals surface area contributed by atoms with E-state index in [1.165, 1.54) is 0 Å². The van der Waals surface area contributed by atoms with Gasteiger partial charge in [0.1, 0.15) is 5.82 Å². The molecule has 1 atom stereocenters. The number of hydrogen-bond donors (Lipinski definition) is 1. The van der Waals surface area contributed by atoms with Crippen molar-refractivity contribution in [2.24, 2.45) is 11.7 Å². The van der Waals surface area contributed by atoms with E-state index in [1.807, 2.05) is 12.3 Å². The van der Waals surface area contributed by atoms with Gasteiger partial charge in [0.15, 0.2) is 0 Å². The zero-order valence-corrected chi connectivity index (χ0v) is 12.0. The molecule has 0 radical (unpaired) electrons. The van der Waals surface area contributed by atoms with Crippen LogP contribution in [0.3, 0.4) is 0 Å². The summed E-state index contributed by atoms with van der Waals surface area (Å²) in [6, 6.07) is 4.01.